The van der Waals surface area contributed by atoms with Gasteiger partial charge in [0.05, 0.1) is 11.5 Å². The summed E-state index contributed by atoms with van der Waals surface area (Å²) in [4.78, 5) is 23.9. The number of benzene rings is 2. The molecule has 0 unspecified atom stereocenters. The standard InChI is InChI=1S/C21H16O9/c22-7-8-1-10-11(5-15(26)20(29)18(10)19(28)14(25)2-8)21-16(27)6-12-13(24)3-9(23)4-17(12)30-21/h1-5,7,16,21,23-24,26-27,29H,6H2,(H,25,28)/t16-,21-/m1/s1. The lowest BCUT2D eigenvalue weighted by Gasteiger charge is -2.32. The van der Waals surface area contributed by atoms with E-state index in [1.165, 1.54) is 12.1 Å². The van der Waals surface area contributed by atoms with Gasteiger partial charge in [0.25, 0.3) is 0 Å². The zero-order chi connectivity index (χ0) is 21.7. The van der Waals surface area contributed by atoms with Gasteiger partial charge < -0.3 is 35.4 Å². The molecule has 0 aromatic heterocycles. The Kier molecular flexibility index (Phi) is 4.39. The molecule has 9 heteroatoms. The lowest BCUT2D eigenvalue weighted by molar-refractivity contribution is 0.0205. The number of aromatic hydroxyl groups is 5. The van der Waals surface area contributed by atoms with Crippen molar-refractivity contribution in [3.05, 3.63) is 57.2 Å². The van der Waals surface area contributed by atoms with E-state index in [1.54, 1.807) is 0 Å². The summed E-state index contributed by atoms with van der Waals surface area (Å²) in [7, 11) is 0. The minimum absolute atomic E-state index is 0.0328. The summed E-state index contributed by atoms with van der Waals surface area (Å²) >= 11 is 0. The fourth-order valence-electron chi connectivity index (χ4n) is 3.67. The van der Waals surface area contributed by atoms with Gasteiger partial charge in [-0.25, -0.2) is 0 Å². The van der Waals surface area contributed by atoms with Crippen LogP contribution < -0.4 is 10.2 Å². The first-order valence-corrected chi connectivity index (χ1v) is 8.82. The van der Waals surface area contributed by atoms with Crippen LogP contribution in [0.2, 0.25) is 0 Å². The number of hydrogen-bond acceptors (Lipinski definition) is 9. The quantitative estimate of drug-likeness (QED) is 0.271. The molecular formula is C21H16O9. The van der Waals surface area contributed by atoms with Crippen molar-refractivity contribution in [2.24, 2.45) is 0 Å². The number of phenols is 4. The van der Waals surface area contributed by atoms with Gasteiger partial charge in [0.2, 0.25) is 5.43 Å². The second kappa shape index (κ2) is 6.82. The van der Waals surface area contributed by atoms with E-state index in [2.05, 4.69) is 0 Å². The SMILES string of the molecule is O=Cc1cc(O)c(=O)c2c(O)c(O)cc([C@H]3Oc4cc(O)cc(O)c4C[C@H]3O)c2c1. The van der Waals surface area contributed by atoms with Crippen LogP contribution in [0, 0.1) is 0 Å². The first-order valence-electron chi connectivity index (χ1n) is 8.82. The Morgan fingerprint density at radius 2 is 1.67 bits per heavy atom. The van der Waals surface area contributed by atoms with E-state index in [9.17, 15) is 40.2 Å². The van der Waals surface area contributed by atoms with Gasteiger partial charge in [-0.2, -0.15) is 0 Å². The minimum Gasteiger partial charge on any atom is -0.508 e. The molecule has 0 aliphatic carbocycles. The first-order chi connectivity index (χ1) is 14.2. The Labute approximate surface area is 168 Å². The monoisotopic (exact) mass is 412 g/mol. The van der Waals surface area contributed by atoms with Gasteiger partial charge in [-0.15, -0.1) is 0 Å². The number of rotatable bonds is 2. The van der Waals surface area contributed by atoms with Crippen molar-refractivity contribution in [2.75, 3.05) is 0 Å². The van der Waals surface area contributed by atoms with E-state index < -0.39 is 40.3 Å². The van der Waals surface area contributed by atoms with E-state index >= 15 is 0 Å². The van der Waals surface area contributed by atoms with E-state index in [0.717, 1.165) is 18.2 Å². The molecule has 0 saturated carbocycles. The van der Waals surface area contributed by atoms with Crippen molar-refractivity contribution in [2.45, 2.75) is 18.6 Å². The summed E-state index contributed by atoms with van der Waals surface area (Å²) in [5.74, 6) is -2.80. The molecule has 0 spiro atoms. The predicted octanol–water partition coefficient (Wildman–Crippen LogP) is 1.58. The van der Waals surface area contributed by atoms with Crippen molar-refractivity contribution >= 4 is 17.1 Å². The largest absolute Gasteiger partial charge is 0.508 e. The van der Waals surface area contributed by atoms with Crippen LogP contribution >= 0.6 is 0 Å². The number of aldehydes is 1. The summed E-state index contributed by atoms with van der Waals surface area (Å²) in [6.45, 7) is 0. The number of ether oxygens (including phenoxy) is 1. The molecule has 0 bridgehead atoms. The van der Waals surface area contributed by atoms with Gasteiger partial charge in [-0.1, -0.05) is 0 Å². The zero-order valence-electron chi connectivity index (χ0n) is 15.2. The third-order valence-electron chi connectivity index (χ3n) is 5.06. The van der Waals surface area contributed by atoms with Gasteiger partial charge in [0.15, 0.2) is 23.4 Å². The van der Waals surface area contributed by atoms with Crippen LogP contribution in [-0.4, -0.2) is 43.0 Å². The second-order valence-electron chi connectivity index (χ2n) is 6.99. The summed E-state index contributed by atoms with van der Waals surface area (Å²) in [6, 6.07) is 5.53. The molecular weight excluding hydrogens is 396 g/mol. The molecule has 30 heavy (non-hydrogen) atoms. The van der Waals surface area contributed by atoms with E-state index in [0.29, 0.717) is 6.29 Å². The average Bonchev–Trinajstić information content (AvgIpc) is 2.82. The number of aliphatic hydroxyl groups excluding tert-OH is 1. The van der Waals surface area contributed by atoms with E-state index in [1.807, 2.05) is 0 Å². The number of carbonyl (C=O) groups excluding carboxylic acids is 1. The molecule has 2 atom stereocenters. The zero-order valence-corrected chi connectivity index (χ0v) is 15.2. The highest BCUT2D eigenvalue weighted by molar-refractivity contribution is 5.96. The molecule has 1 aliphatic rings. The van der Waals surface area contributed by atoms with E-state index in [-0.39, 0.29) is 45.7 Å². The van der Waals surface area contributed by atoms with Gasteiger partial charge in [0, 0.05) is 35.2 Å². The Hall–Kier alpha value is -3.98. The fraction of sp³-hybridized carbons (Fsp3) is 0.143. The molecule has 154 valence electrons. The summed E-state index contributed by atoms with van der Waals surface area (Å²) in [5.41, 5.74) is -0.817. The molecule has 3 aromatic rings. The fourth-order valence-corrected chi connectivity index (χ4v) is 3.67. The predicted molar refractivity (Wildman–Crippen MR) is 103 cm³/mol. The van der Waals surface area contributed by atoms with Crippen molar-refractivity contribution in [1.82, 2.24) is 0 Å². The van der Waals surface area contributed by atoms with Crippen LogP contribution in [0.4, 0.5) is 0 Å². The van der Waals surface area contributed by atoms with Crippen LogP contribution in [-0.2, 0) is 6.42 Å². The highest BCUT2D eigenvalue weighted by atomic mass is 16.5. The van der Waals surface area contributed by atoms with E-state index in [4.69, 9.17) is 4.74 Å². The number of carbonyl (C=O) groups is 1. The average molecular weight is 412 g/mol. The lowest BCUT2D eigenvalue weighted by atomic mass is 9.91. The summed E-state index contributed by atoms with van der Waals surface area (Å²) in [6.07, 6.45) is -2.15. The highest BCUT2D eigenvalue weighted by Gasteiger charge is 2.34. The number of hydrogen-bond donors (Lipinski definition) is 6. The Morgan fingerprint density at radius 3 is 2.37 bits per heavy atom. The smallest absolute Gasteiger partial charge is 0.231 e. The topological polar surface area (TPSA) is 165 Å². The molecule has 1 aliphatic heterocycles. The molecule has 0 amide bonds. The second-order valence-corrected chi connectivity index (χ2v) is 6.99. The molecule has 3 aromatic carbocycles. The number of aliphatic hydroxyl groups is 1. The number of fused-ring (bicyclic) bond motifs is 2. The maximum atomic E-state index is 12.6. The molecule has 0 radical (unpaired) electrons. The molecule has 4 rings (SSSR count). The molecule has 6 N–H and O–H groups in total. The van der Waals surface area contributed by atoms with Crippen LogP contribution in [0.15, 0.2) is 35.1 Å². The highest BCUT2D eigenvalue weighted by Crippen LogP contribution is 2.45. The summed E-state index contributed by atoms with van der Waals surface area (Å²) in [5, 5.41) is 60.2. The van der Waals surface area contributed by atoms with Gasteiger partial charge >= 0.3 is 0 Å². The third-order valence-corrected chi connectivity index (χ3v) is 5.06. The summed E-state index contributed by atoms with van der Waals surface area (Å²) < 4.78 is 5.75. The lowest BCUT2D eigenvalue weighted by Crippen LogP contribution is -2.30. The molecule has 1 heterocycles. The third kappa shape index (κ3) is 2.92. The maximum Gasteiger partial charge on any atom is 0.231 e. The Balaban J connectivity index is 2.03. The van der Waals surface area contributed by atoms with Crippen molar-refractivity contribution in [3.8, 4) is 34.5 Å². The Bertz CT molecular complexity index is 1270. The Morgan fingerprint density at radius 1 is 0.933 bits per heavy atom. The van der Waals surface area contributed by atoms with Crippen molar-refractivity contribution in [1.29, 1.82) is 0 Å². The van der Waals surface area contributed by atoms with Crippen LogP contribution in [0.1, 0.15) is 27.6 Å². The first kappa shape index (κ1) is 19.3. The van der Waals surface area contributed by atoms with Crippen LogP contribution in [0.3, 0.4) is 0 Å². The molecule has 0 fully saturated rings. The van der Waals surface area contributed by atoms with Crippen molar-refractivity contribution < 1.29 is 40.2 Å². The van der Waals surface area contributed by atoms with Crippen LogP contribution in [0.5, 0.6) is 34.5 Å². The van der Waals surface area contributed by atoms with Crippen molar-refractivity contribution in [3.63, 3.8) is 0 Å². The minimum atomic E-state index is -1.26. The number of phenolic OH excluding ortho intramolecular Hbond substituents is 4. The van der Waals surface area contributed by atoms with Gasteiger partial charge in [-0.3, -0.25) is 9.59 Å². The maximum absolute atomic E-state index is 12.6. The molecule has 9 nitrogen and oxygen atoms in total. The van der Waals surface area contributed by atoms with Crippen LogP contribution in [0.25, 0.3) is 10.8 Å². The van der Waals surface area contributed by atoms with Gasteiger partial charge in [0.1, 0.15) is 23.5 Å². The normalized spacial score (nSPS) is 17.9. The molecule has 0 saturated heterocycles. The van der Waals surface area contributed by atoms with Gasteiger partial charge in [-0.05, 0) is 23.6 Å².